The number of hydrogen-bond acceptors (Lipinski definition) is 4. The van der Waals surface area contributed by atoms with Gasteiger partial charge in [0.2, 0.25) is 0 Å². The molecule has 1 aliphatic rings. The zero-order chi connectivity index (χ0) is 19.7. The summed E-state index contributed by atoms with van der Waals surface area (Å²) in [5, 5.41) is -0.0795. The van der Waals surface area contributed by atoms with Crippen molar-refractivity contribution in [1.29, 1.82) is 0 Å². The summed E-state index contributed by atoms with van der Waals surface area (Å²) < 4.78 is 43.6. The standard InChI is InChI=1S/C17H23ClF3N3O2/c1-16(2,3)26-15(25)24-7-5-6-12(24)10-23(4)14-13(18)8-11(9-22-14)17(19,20)21/h8-9,12H,5-7,10H2,1-4H3. The molecule has 26 heavy (non-hydrogen) atoms. The van der Waals surface area contributed by atoms with Crippen LogP contribution in [0.5, 0.6) is 0 Å². The maximum Gasteiger partial charge on any atom is 0.417 e. The van der Waals surface area contributed by atoms with Crippen LogP contribution in [0.4, 0.5) is 23.8 Å². The fraction of sp³-hybridized carbons (Fsp3) is 0.647. The Hall–Kier alpha value is -1.70. The normalized spacial score (nSPS) is 18.2. The van der Waals surface area contributed by atoms with Gasteiger partial charge in [-0.2, -0.15) is 13.2 Å². The van der Waals surface area contributed by atoms with Gasteiger partial charge in [0, 0.05) is 26.3 Å². The highest BCUT2D eigenvalue weighted by molar-refractivity contribution is 6.33. The van der Waals surface area contributed by atoms with E-state index in [0.717, 1.165) is 25.1 Å². The van der Waals surface area contributed by atoms with Gasteiger partial charge >= 0.3 is 12.3 Å². The van der Waals surface area contributed by atoms with Crippen molar-refractivity contribution in [3.63, 3.8) is 0 Å². The Bertz CT molecular complexity index is 662. The van der Waals surface area contributed by atoms with Crippen molar-refractivity contribution < 1.29 is 22.7 Å². The number of pyridine rings is 1. The van der Waals surface area contributed by atoms with Gasteiger partial charge in [0.15, 0.2) is 0 Å². The van der Waals surface area contributed by atoms with Gasteiger partial charge in [-0.15, -0.1) is 0 Å². The first-order chi connectivity index (χ1) is 11.9. The van der Waals surface area contributed by atoms with Gasteiger partial charge < -0.3 is 14.5 Å². The van der Waals surface area contributed by atoms with E-state index in [-0.39, 0.29) is 23.0 Å². The number of halogens is 4. The number of likely N-dealkylation sites (tertiary alicyclic amines) is 1. The molecule has 2 rings (SSSR count). The van der Waals surface area contributed by atoms with Crippen LogP contribution in [0.1, 0.15) is 39.2 Å². The number of rotatable bonds is 3. The van der Waals surface area contributed by atoms with Crippen LogP contribution in [0.15, 0.2) is 12.3 Å². The lowest BCUT2D eigenvalue weighted by Gasteiger charge is -2.31. The third-order valence-electron chi connectivity index (χ3n) is 4.00. The van der Waals surface area contributed by atoms with Crippen LogP contribution < -0.4 is 4.90 Å². The molecule has 0 radical (unpaired) electrons. The summed E-state index contributed by atoms with van der Waals surface area (Å²) in [6.45, 7) is 6.38. The molecule has 1 aliphatic heterocycles. The molecule has 1 fully saturated rings. The van der Waals surface area contributed by atoms with Gasteiger partial charge in [0.1, 0.15) is 11.4 Å². The smallest absolute Gasteiger partial charge is 0.417 e. The summed E-state index contributed by atoms with van der Waals surface area (Å²) in [7, 11) is 1.69. The molecular formula is C17H23ClF3N3O2. The molecule has 1 unspecified atom stereocenters. The summed E-state index contributed by atoms with van der Waals surface area (Å²) in [4.78, 5) is 19.5. The maximum absolute atomic E-state index is 12.7. The second-order valence-corrected chi connectivity index (χ2v) is 7.78. The fourth-order valence-electron chi connectivity index (χ4n) is 2.86. The summed E-state index contributed by atoms with van der Waals surface area (Å²) in [6.07, 6.45) is -2.50. The Morgan fingerprint density at radius 1 is 1.42 bits per heavy atom. The Morgan fingerprint density at radius 3 is 2.62 bits per heavy atom. The average Bonchev–Trinajstić information content (AvgIpc) is 2.92. The number of likely N-dealkylation sites (N-methyl/N-ethyl adjacent to an activating group) is 1. The predicted molar refractivity (Wildman–Crippen MR) is 93.5 cm³/mol. The number of carbonyl (C=O) groups is 1. The van der Waals surface area contributed by atoms with E-state index in [0.29, 0.717) is 13.1 Å². The number of ether oxygens (including phenoxy) is 1. The largest absolute Gasteiger partial charge is 0.444 e. The average molecular weight is 394 g/mol. The number of carbonyl (C=O) groups excluding carboxylic acids is 1. The molecule has 5 nitrogen and oxygen atoms in total. The molecule has 146 valence electrons. The molecular weight excluding hydrogens is 371 g/mol. The molecule has 0 N–H and O–H groups in total. The molecule has 1 saturated heterocycles. The third-order valence-corrected chi connectivity index (χ3v) is 4.28. The van der Waals surface area contributed by atoms with Crippen molar-refractivity contribution in [2.24, 2.45) is 0 Å². The first-order valence-electron chi connectivity index (χ1n) is 8.32. The van der Waals surface area contributed by atoms with E-state index in [9.17, 15) is 18.0 Å². The third kappa shape index (κ3) is 5.16. The predicted octanol–water partition coefficient (Wildman–Crippen LogP) is 4.59. The van der Waals surface area contributed by atoms with Gasteiger partial charge in [-0.25, -0.2) is 9.78 Å². The van der Waals surface area contributed by atoms with Gasteiger partial charge in [-0.05, 0) is 39.7 Å². The van der Waals surface area contributed by atoms with E-state index in [4.69, 9.17) is 16.3 Å². The molecule has 2 heterocycles. The zero-order valence-electron chi connectivity index (χ0n) is 15.2. The van der Waals surface area contributed by atoms with E-state index in [2.05, 4.69) is 4.98 Å². The molecule has 1 atom stereocenters. The van der Waals surface area contributed by atoms with Gasteiger partial charge in [-0.3, -0.25) is 0 Å². The van der Waals surface area contributed by atoms with Gasteiger partial charge in [0.05, 0.1) is 16.6 Å². The highest BCUT2D eigenvalue weighted by Gasteiger charge is 2.34. The lowest BCUT2D eigenvalue weighted by molar-refractivity contribution is -0.137. The first kappa shape index (κ1) is 20.6. The quantitative estimate of drug-likeness (QED) is 0.753. The second kappa shape index (κ2) is 7.50. The first-order valence-corrected chi connectivity index (χ1v) is 8.70. The van der Waals surface area contributed by atoms with E-state index < -0.39 is 17.3 Å². The lowest BCUT2D eigenvalue weighted by atomic mass is 10.2. The van der Waals surface area contributed by atoms with E-state index in [1.807, 2.05) is 0 Å². The van der Waals surface area contributed by atoms with Crippen LogP contribution in [0, 0.1) is 0 Å². The van der Waals surface area contributed by atoms with Crippen molar-refractivity contribution in [1.82, 2.24) is 9.88 Å². The highest BCUT2D eigenvalue weighted by Crippen LogP contribution is 2.33. The number of hydrogen-bond donors (Lipinski definition) is 0. The molecule has 0 saturated carbocycles. The molecule has 0 aromatic carbocycles. The monoisotopic (exact) mass is 393 g/mol. The minimum atomic E-state index is -4.49. The van der Waals surface area contributed by atoms with Crippen molar-refractivity contribution >= 4 is 23.5 Å². The van der Waals surface area contributed by atoms with Crippen molar-refractivity contribution in [2.75, 3.05) is 25.0 Å². The zero-order valence-corrected chi connectivity index (χ0v) is 16.0. The van der Waals surface area contributed by atoms with Crippen molar-refractivity contribution in [3.8, 4) is 0 Å². The summed E-state index contributed by atoms with van der Waals surface area (Å²) in [5.74, 6) is 0.246. The Labute approximate surface area is 156 Å². The van der Waals surface area contributed by atoms with Crippen molar-refractivity contribution in [2.45, 2.75) is 51.4 Å². The SMILES string of the molecule is CN(CC1CCCN1C(=O)OC(C)(C)C)c1ncc(C(F)(F)F)cc1Cl. The molecule has 9 heteroatoms. The van der Waals surface area contributed by atoms with Gasteiger partial charge in [0.25, 0.3) is 0 Å². The van der Waals surface area contributed by atoms with Crippen LogP contribution in [-0.4, -0.2) is 47.8 Å². The Morgan fingerprint density at radius 2 is 2.08 bits per heavy atom. The molecule has 0 bridgehead atoms. The minimum Gasteiger partial charge on any atom is -0.444 e. The molecule has 0 aliphatic carbocycles. The lowest BCUT2D eigenvalue weighted by Crippen LogP contribution is -2.44. The number of anilines is 1. The molecule has 0 spiro atoms. The topological polar surface area (TPSA) is 45.7 Å². The van der Waals surface area contributed by atoms with Crippen LogP contribution in [0.2, 0.25) is 5.02 Å². The van der Waals surface area contributed by atoms with Crippen LogP contribution >= 0.6 is 11.6 Å². The van der Waals surface area contributed by atoms with Crippen LogP contribution in [0.3, 0.4) is 0 Å². The summed E-state index contributed by atoms with van der Waals surface area (Å²) in [5.41, 5.74) is -1.48. The summed E-state index contributed by atoms with van der Waals surface area (Å²) in [6, 6.07) is 0.746. The number of amides is 1. The highest BCUT2D eigenvalue weighted by atomic mass is 35.5. The van der Waals surface area contributed by atoms with E-state index in [1.165, 1.54) is 0 Å². The van der Waals surface area contributed by atoms with Crippen LogP contribution in [0.25, 0.3) is 0 Å². The molecule has 1 aromatic rings. The number of nitrogens with zero attached hydrogens (tertiary/aromatic N) is 3. The minimum absolute atomic E-state index is 0.0795. The summed E-state index contributed by atoms with van der Waals surface area (Å²) >= 11 is 5.99. The molecule has 1 amide bonds. The van der Waals surface area contributed by atoms with Crippen LogP contribution in [-0.2, 0) is 10.9 Å². The Kier molecular flexibility index (Phi) is 5.95. The second-order valence-electron chi connectivity index (χ2n) is 7.38. The Balaban J connectivity index is 2.09. The maximum atomic E-state index is 12.7. The van der Waals surface area contributed by atoms with Crippen molar-refractivity contribution in [3.05, 3.63) is 22.8 Å². The molecule has 1 aromatic heterocycles. The number of alkyl halides is 3. The number of aromatic nitrogens is 1. The fourth-order valence-corrected chi connectivity index (χ4v) is 3.17. The van der Waals surface area contributed by atoms with Gasteiger partial charge in [-0.1, -0.05) is 11.6 Å². The van der Waals surface area contributed by atoms with E-state index in [1.54, 1.807) is 37.6 Å². The van der Waals surface area contributed by atoms with E-state index >= 15 is 0 Å².